The largest absolute Gasteiger partial charge is 0.334 e. The number of carbonyl (C=O) groups is 2. The number of carbonyl (C=O) groups excluding carboxylic acids is 2. The fourth-order valence-corrected chi connectivity index (χ4v) is 2.77. The van der Waals surface area contributed by atoms with Crippen molar-refractivity contribution >= 4 is 17.5 Å². The van der Waals surface area contributed by atoms with Gasteiger partial charge in [0.1, 0.15) is 0 Å². The number of benzene rings is 1. The van der Waals surface area contributed by atoms with Crippen LogP contribution >= 0.6 is 0 Å². The lowest BCUT2D eigenvalue weighted by molar-refractivity contribution is -0.143. The number of aryl methyl sites for hydroxylation is 1. The second-order valence-electron chi connectivity index (χ2n) is 7.65. The van der Waals surface area contributed by atoms with E-state index in [1.807, 2.05) is 25.1 Å². The lowest BCUT2D eigenvalue weighted by atomic mass is 9.98. The standard InChI is InChI=1S/C20H32N2O2/c1-13(2)11-22(12-14(3)4)20(24)19(23)21-18-16(7)9-8-10-17(18)15(5)6/h8-10,13-15H,11-12H2,1-7H3,(H,21,23). The Kier molecular flexibility index (Phi) is 7.46. The first kappa shape index (κ1) is 20.2. The van der Waals surface area contributed by atoms with E-state index < -0.39 is 11.8 Å². The van der Waals surface area contributed by atoms with Crippen molar-refractivity contribution in [2.75, 3.05) is 18.4 Å². The van der Waals surface area contributed by atoms with Crippen LogP contribution in [0, 0.1) is 18.8 Å². The normalized spacial score (nSPS) is 11.2. The summed E-state index contributed by atoms with van der Waals surface area (Å²) in [5, 5.41) is 2.86. The third-order valence-corrected chi connectivity index (χ3v) is 3.82. The Labute approximate surface area is 146 Å². The lowest BCUT2D eigenvalue weighted by Crippen LogP contribution is -2.43. The van der Waals surface area contributed by atoms with E-state index in [1.165, 1.54) is 0 Å². The zero-order valence-electron chi connectivity index (χ0n) is 16.1. The molecule has 1 aromatic carbocycles. The smallest absolute Gasteiger partial charge is 0.313 e. The summed E-state index contributed by atoms with van der Waals surface area (Å²) in [6.07, 6.45) is 0. The second-order valence-corrected chi connectivity index (χ2v) is 7.65. The molecule has 0 fully saturated rings. The zero-order chi connectivity index (χ0) is 18.4. The molecule has 2 amide bonds. The fraction of sp³-hybridized carbons (Fsp3) is 0.600. The van der Waals surface area contributed by atoms with Gasteiger partial charge < -0.3 is 10.2 Å². The van der Waals surface area contributed by atoms with Gasteiger partial charge in [-0.25, -0.2) is 0 Å². The van der Waals surface area contributed by atoms with Crippen molar-refractivity contribution in [3.63, 3.8) is 0 Å². The first-order chi connectivity index (χ1) is 11.1. The van der Waals surface area contributed by atoms with E-state index in [-0.39, 0.29) is 5.92 Å². The molecule has 24 heavy (non-hydrogen) atoms. The number of nitrogens with zero attached hydrogens (tertiary/aromatic N) is 1. The van der Waals surface area contributed by atoms with Crippen LogP contribution in [0.2, 0.25) is 0 Å². The zero-order valence-corrected chi connectivity index (χ0v) is 16.1. The second kappa shape index (κ2) is 8.86. The molecule has 134 valence electrons. The summed E-state index contributed by atoms with van der Waals surface area (Å²) in [5.41, 5.74) is 2.79. The van der Waals surface area contributed by atoms with Crippen molar-refractivity contribution < 1.29 is 9.59 Å². The summed E-state index contributed by atoms with van der Waals surface area (Å²) in [7, 11) is 0. The van der Waals surface area contributed by atoms with Crippen molar-refractivity contribution in [2.24, 2.45) is 11.8 Å². The van der Waals surface area contributed by atoms with Gasteiger partial charge in [0, 0.05) is 18.8 Å². The molecule has 4 nitrogen and oxygen atoms in total. The Morgan fingerprint density at radius 2 is 1.54 bits per heavy atom. The monoisotopic (exact) mass is 332 g/mol. The molecule has 0 aliphatic rings. The Bertz CT molecular complexity index is 567. The first-order valence-corrected chi connectivity index (χ1v) is 8.83. The molecule has 0 aliphatic heterocycles. The Balaban J connectivity index is 2.99. The van der Waals surface area contributed by atoms with Gasteiger partial charge in [-0.3, -0.25) is 9.59 Å². The SMILES string of the molecule is Cc1cccc(C(C)C)c1NC(=O)C(=O)N(CC(C)C)CC(C)C. The molecular weight excluding hydrogens is 300 g/mol. The van der Waals surface area contributed by atoms with Crippen molar-refractivity contribution in [1.82, 2.24) is 4.90 Å². The van der Waals surface area contributed by atoms with Crippen LogP contribution in [0.4, 0.5) is 5.69 Å². The van der Waals surface area contributed by atoms with E-state index in [4.69, 9.17) is 0 Å². The molecule has 0 bridgehead atoms. The van der Waals surface area contributed by atoms with Crippen LogP contribution in [0.3, 0.4) is 0 Å². The number of para-hydroxylation sites is 1. The van der Waals surface area contributed by atoms with Crippen LogP contribution in [-0.2, 0) is 9.59 Å². The summed E-state index contributed by atoms with van der Waals surface area (Å²) in [6.45, 7) is 15.5. The van der Waals surface area contributed by atoms with Crippen LogP contribution in [0.25, 0.3) is 0 Å². The molecule has 1 aromatic rings. The van der Waals surface area contributed by atoms with Gasteiger partial charge in [0.15, 0.2) is 0 Å². The molecule has 0 atom stereocenters. The Morgan fingerprint density at radius 3 is 2.00 bits per heavy atom. The number of amides is 2. The van der Waals surface area contributed by atoms with E-state index in [0.29, 0.717) is 24.9 Å². The van der Waals surface area contributed by atoms with Crippen LogP contribution in [-0.4, -0.2) is 29.8 Å². The molecule has 4 heteroatoms. The van der Waals surface area contributed by atoms with Crippen molar-refractivity contribution in [2.45, 2.75) is 54.4 Å². The van der Waals surface area contributed by atoms with Gasteiger partial charge in [-0.1, -0.05) is 59.7 Å². The minimum atomic E-state index is -0.549. The molecular formula is C20H32N2O2. The number of anilines is 1. The van der Waals surface area contributed by atoms with Crippen LogP contribution < -0.4 is 5.32 Å². The summed E-state index contributed by atoms with van der Waals surface area (Å²) >= 11 is 0. The van der Waals surface area contributed by atoms with E-state index in [2.05, 4.69) is 46.9 Å². The number of nitrogens with one attached hydrogen (secondary N) is 1. The maximum absolute atomic E-state index is 12.6. The van der Waals surface area contributed by atoms with Crippen LogP contribution in [0.15, 0.2) is 18.2 Å². The molecule has 1 rings (SSSR count). The molecule has 0 radical (unpaired) electrons. The highest BCUT2D eigenvalue weighted by atomic mass is 16.2. The van der Waals surface area contributed by atoms with Gasteiger partial charge in [-0.05, 0) is 35.8 Å². The molecule has 0 aromatic heterocycles. The number of hydrogen-bond acceptors (Lipinski definition) is 2. The van der Waals surface area contributed by atoms with Gasteiger partial charge >= 0.3 is 11.8 Å². The highest BCUT2D eigenvalue weighted by Crippen LogP contribution is 2.27. The molecule has 0 saturated heterocycles. The highest BCUT2D eigenvalue weighted by Gasteiger charge is 2.24. The van der Waals surface area contributed by atoms with Gasteiger partial charge in [-0.15, -0.1) is 0 Å². The average Bonchev–Trinajstić information content (AvgIpc) is 2.46. The van der Waals surface area contributed by atoms with Gasteiger partial charge in [-0.2, -0.15) is 0 Å². The number of hydrogen-bond donors (Lipinski definition) is 1. The molecule has 0 saturated carbocycles. The van der Waals surface area contributed by atoms with Crippen molar-refractivity contribution in [3.05, 3.63) is 29.3 Å². The average molecular weight is 332 g/mol. The van der Waals surface area contributed by atoms with E-state index in [1.54, 1.807) is 4.90 Å². The minimum absolute atomic E-state index is 0.276. The Morgan fingerprint density at radius 1 is 1.00 bits per heavy atom. The maximum Gasteiger partial charge on any atom is 0.313 e. The Hall–Kier alpha value is -1.84. The van der Waals surface area contributed by atoms with Gasteiger partial charge in [0.2, 0.25) is 0 Å². The van der Waals surface area contributed by atoms with E-state index >= 15 is 0 Å². The van der Waals surface area contributed by atoms with Crippen molar-refractivity contribution in [3.8, 4) is 0 Å². The third kappa shape index (κ3) is 5.66. The maximum atomic E-state index is 12.6. The van der Waals surface area contributed by atoms with Crippen LogP contribution in [0.5, 0.6) is 0 Å². The minimum Gasteiger partial charge on any atom is -0.334 e. The van der Waals surface area contributed by atoms with Gasteiger partial charge in [0.05, 0.1) is 0 Å². The summed E-state index contributed by atoms with van der Waals surface area (Å²) in [4.78, 5) is 26.8. The predicted molar refractivity (Wildman–Crippen MR) is 100 cm³/mol. The third-order valence-electron chi connectivity index (χ3n) is 3.82. The summed E-state index contributed by atoms with van der Waals surface area (Å²) < 4.78 is 0. The molecule has 0 heterocycles. The first-order valence-electron chi connectivity index (χ1n) is 8.83. The highest BCUT2D eigenvalue weighted by molar-refractivity contribution is 6.39. The van der Waals surface area contributed by atoms with Gasteiger partial charge in [0.25, 0.3) is 0 Å². The molecule has 0 unspecified atom stereocenters. The van der Waals surface area contributed by atoms with E-state index in [0.717, 1.165) is 16.8 Å². The fourth-order valence-electron chi connectivity index (χ4n) is 2.77. The molecule has 0 spiro atoms. The van der Waals surface area contributed by atoms with E-state index in [9.17, 15) is 9.59 Å². The van der Waals surface area contributed by atoms with Crippen molar-refractivity contribution in [1.29, 1.82) is 0 Å². The number of rotatable bonds is 6. The molecule has 0 aliphatic carbocycles. The summed E-state index contributed by atoms with van der Waals surface area (Å²) in [5.74, 6) is -0.0732. The summed E-state index contributed by atoms with van der Waals surface area (Å²) in [6, 6.07) is 5.93. The molecule has 1 N–H and O–H groups in total. The quantitative estimate of drug-likeness (QED) is 0.794. The lowest BCUT2D eigenvalue weighted by Gasteiger charge is -2.26. The van der Waals surface area contributed by atoms with Crippen LogP contribution in [0.1, 0.15) is 58.6 Å². The topological polar surface area (TPSA) is 49.4 Å². The predicted octanol–water partition coefficient (Wildman–Crippen LogP) is 4.20.